The molecule has 102 valence electrons. The molecule has 4 nitrogen and oxygen atoms in total. The second-order valence-electron chi connectivity index (χ2n) is 6.80. The second kappa shape index (κ2) is 3.97. The first-order valence-electron chi connectivity index (χ1n) is 6.67. The molecule has 2 saturated carbocycles. The van der Waals surface area contributed by atoms with Crippen molar-refractivity contribution < 1.29 is 19.8 Å². The minimum atomic E-state index is -0.873. The number of carboxylic acids is 2. The van der Waals surface area contributed by atoms with Crippen LogP contribution in [0, 0.1) is 28.6 Å². The molecular formula is C14H22O4. The summed E-state index contributed by atoms with van der Waals surface area (Å²) in [7, 11) is 0. The van der Waals surface area contributed by atoms with E-state index in [2.05, 4.69) is 13.8 Å². The highest BCUT2D eigenvalue weighted by Crippen LogP contribution is 2.66. The van der Waals surface area contributed by atoms with Crippen LogP contribution in [0.2, 0.25) is 0 Å². The van der Waals surface area contributed by atoms with E-state index in [0.717, 1.165) is 12.8 Å². The molecule has 2 bridgehead atoms. The van der Waals surface area contributed by atoms with Gasteiger partial charge in [0.15, 0.2) is 0 Å². The molecule has 4 unspecified atom stereocenters. The molecule has 2 aliphatic carbocycles. The fraction of sp³-hybridized carbons (Fsp3) is 0.857. The maximum Gasteiger partial charge on any atom is 0.310 e. The van der Waals surface area contributed by atoms with Crippen molar-refractivity contribution in [2.75, 3.05) is 0 Å². The zero-order valence-corrected chi connectivity index (χ0v) is 11.3. The number of hydrogen-bond acceptors (Lipinski definition) is 2. The Morgan fingerprint density at radius 2 is 1.83 bits per heavy atom. The van der Waals surface area contributed by atoms with Crippen molar-refractivity contribution in [2.24, 2.45) is 28.6 Å². The zero-order valence-electron chi connectivity index (χ0n) is 11.3. The van der Waals surface area contributed by atoms with E-state index in [1.54, 1.807) is 0 Å². The Labute approximate surface area is 107 Å². The number of rotatable bonds is 3. The lowest BCUT2D eigenvalue weighted by atomic mass is 9.60. The molecule has 0 spiro atoms. The van der Waals surface area contributed by atoms with Crippen LogP contribution >= 0.6 is 0 Å². The first-order chi connectivity index (χ1) is 8.21. The lowest BCUT2D eigenvalue weighted by molar-refractivity contribution is -0.160. The standard InChI is InChI=1S/C14H22O4/c1-8-4-5-9-10(6-11(15)16)14(8,12(17)18)7-13(9,2)3/h8-10H,4-7H2,1-3H3,(H,15,16)(H,17,18). The summed E-state index contributed by atoms with van der Waals surface area (Å²) in [6, 6.07) is 0. The largest absolute Gasteiger partial charge is 0.481 e. The number of carbonyl (C=O) groups is 2. The van der Waals surface area contributed by atoms with Gasteiger partial charge < -0.3 is 10.2 Å². The lowest BCUT2D eigenvalue weighted by Gasteiger charge is -2.42. The molecule has 0 aromatic carbocycles. The average Bonchev–Trinajstić information content (AvgIpc) is 2.36. The third-order valence-electron chi connectivity index (χ3n) is 5.48. The van der Waals surface area contributed by atoms with Crippen molar-refractivity contribution in [1.29, 1.82) is 0 Å². The van der Waals surface area contributed by atoms with Crippen molar-refractivity contribution in [3.05, 3.63) is 0 Å². The predicted molar refractivity (Wildman–Crippen MR) is 66.1 cm³/mol. The third-order valence-corrected chi connectivity index (χ3v) is 5.48. The van der Waals surface area contributed by atoms with Gasteiger partial charge in [0.2, 0.25) is 0 Å². The quantitative estimate of drug-likeness (QED) is 0.811. The predicted octanol–water partition coefficient (Wildman–Crippen LogP) is 2.62. The number of carboxylic acid groups (broad SMARTS) is 2. The molecule has 2 rings (SSSR count). The molecule has 0 heterocycles. The van der Waals surface area contributed by atoms with Crippen LogP contribution < -0.4 is 0 Å². The highest BCUT2D eigenvalue weighted by atomic mass is 16.4. The Bertz CT molecular complexity index is 387. The molecule has 4 heteroatoms. The van der Waals surface area contributed by atoms with E-state index in [1.165, 1.54) is 0 Å². The van der Waals surface area contributed by atoms with Gasteiger partial charge in [-0.15, -0.1) is 0 Å². The molecule has 0 amide bonds. The number of fused-ring (bicyclic) bond motifs is 2. The fourth-order valence-electron chi connectivity index (χ4n) is 4.70. The number of aliphatic carboxylic acids is 2. The van der Waals surface area contributed by atoms with Crippen molar-refractivity contribution in [1.82, 2.24) is 0 Å². The molecule has 4 atom stereocenters. The number of hydrogen-bond donors (Lipinski definition) is 2. The van der Waals surface area contributed by atoms with Gasteiger partial charge in [0, 0.05) is 6.42 Å². The van der Waals surface area contributed by atoms with Crippen LogP contribution in [0.5, 0.6) is 0 Å². The van der Waals surface area contributed by atoms with E-state index in [4.69, 9.17) is 5.11 Å². The first-order valence-corrected chi connectivity index (χ1v) is 6.67. The Morgan fingerprint density at radius 3 is 2.33 bits per heavy atom. The highest BCUT2D eigenvalue weighted by Gasteiger charge is 2.65. The molecule has 0 aliphatic heterocycles. The summed E-state index contributed by atoms with van der Waals surface area (Å²) in [6.07, 6.45) is 2.46. The van der Waals surface area contributed by atoms with Crippen molar-refractivity contribution >= 4 is 11.9 Å². The maximum atomic E-state index is 11.8. The van der Waals surface area contributed by atoms with E-state index in [0.29, 0.717) is 6.42 Å². The summed E-state index contributed by atoms with van der Waals surface area (Å²) in [6.45, 7) is 6.16. The molecule has 2 aliphatic rings. The van der Waals surface area contributed by atoms with Gasteiger partial charge in [0.05, 0.1) is 5.41 Å². The minimum absolute atomic E-state index is 0.00919. The highest BCUT2D eigenvalue weighted by molar-refractivity contribution is 5.78. The Kier molecular flexibility index (Phi) is 2.95. The van der Waals surface area contributed by atoms with Gasteiger partial charge in [0.25, 0.3) is 0 Å². The normalized spacial score (nSPS) is 41.6. The zero-order chi connectivity index (χ0) is 13.7. The van der Waals surface area contributed by atoms with Crippen LogP contribution in [0.3, 0.4) is 0 Å². The lowest BCUT2D eigenvalue weighted by Crippen LogP contribution is -2.45. The molecule has 0 saturated heterocycles. The van der Waals surface area contributed by atoms with Gasteiger partial charge in [-0.25, -0.2) is 0 Å². The Balaban J connectivity index is 2.47. The van der Waals surface area contributed by atoms with Gasteiger partial charge in [-0.2, -0.15) is 0 Å². The molecule has 0 aromatic heterocycles. The van der Waals surface area contributed by atoms with Gasteiger partial charge in [0.1, 0.15) is 0 Å². The van der Waals surface area contributed by atoms with Crippen LogP contribution in [-0.2, 0) is 9.59 Å². The summed E-state index contributed by atoms with van der Waals surface area (Å²) in [4.78, 5) is 22.9. The van der Waals surface area contributed by atoms with Gasteiger partial charge >= 0.3 is 11.9 Å². The smallest absolute Gasteiger partial charge is 0.310 e. The van der Waals surface area contributed by atoms with Crippen LogP contribution in [0.15, 0.2) is 0 Å². The van der Waals surface area contributed by atoms with Crippen molar-refractivity contribution in [2.45, 2.75) is 46.5 Å². The molecule has 0 radical (unpaired) electrons. The Morgan fingerprint density at radius 1 is 1.22 bits per heavy atom. The summed E-state index contributed by atoms with van der Waals surface area (Å²) >= 11 is 0. The molecule has 2 fully saturated rings. The topological polar surface area (TPSA) is 74.6 Å². The Hall–Kier alpha value is -1.06. The maximum absolute atomic E-state index is 11.8. The van der Waals surface area contributed by atoms with E-state index >= 15 is 0 Å². The van der Waals surface area contributed by atoms with Crippen LogP contribution in [0.1, 0.15) is 46.5 Å². The summed E-state index contributed by atoms with van der Waals surface area (Å²) in [5.74, 6) is -1.59. The summed E-state index contributed by atoms with van der Waals surface area (Å²) in [5.41, 5.74) is -0.895. The average molecular weight is 254 g/mol. The molecule has 2 N–H and O–H groups in total. The summed E-state index contributed by atoms with van der Waals surface area (Å²) in [5, 5.41) is 18.8. The third kappa shape index (κ3) is 1.65. The van der Waals surface area contributed by atoms with Crippen molar-refractivity contribution in [3.63, 3.8) is 0 Å². The van der Waals surface area contributed by atoms with E-state index in [-0.39, 0.29) is 29.6 Å². The van der Waals surface area contributed by atoms with Crippen LogP contribution in [-0.4, -0.2) is 22.2 Å². The fourth-order valence-corrected chi connectivity index (χ4v) is 4.70. The van der Waals surface area contributed by atoms with E-state index in [9.17, 15) is 14.7 Å². The van der Waals surface area contributed by atoms with Crippen LogP contribution in [0.25, 0.3) is 0 Å². The molecular weight excluding hydrogens is 232 g/mol. The second-order valence-corrected chi connectivity index (χ2v) is 6.80. The monoisotopic (exact) mass is 254 g/mol. The van der Waals surface area contributed by atoms with Gasteiger partial charge in [-0.3, -0.25) is 9.59 Å². The first kappa shape index (κ1) is 13.4. The van der Waals surface area contributed by atoms with Crippen LogP contribution in [0.4, 0.5) is 0 Å². The van der Waals surface area contributed by atoms with E-state index < -0.39 is 17.4 Å². The van der Waals surface area contributed by atoms with E-state index in [1.807, 2.05) is 6.92 Å². The van der Waals surface area contributed by atoms with Gasteiger partial charge in [-0.05, 0) is 42.4 Å². The SMILES string of the molecule is CC1CCC2C(CC(=O)O)C1(C(=O)O)CC2(C)C. The molecule has 18 heavy (non-hydrogen) atoms. The molecule has 0 aromatic rings. The van der Waals surface area contributed by atoms with Gasteiger partial charge in [-0.1, -0.05) is 20.8 Å². The van der Waals surface area contributed by atoms with Crippen molar-refractivity contribution in [3.8, 4) is 0 Å². The summed E-state index contributed by atoms with van der Waals surface area (Å²) < 4.78 is 0. The minimum Gasteiger partial charge on any atom is -0.481 e.